The molecule has 14 heavy (non-hydrogen) atoms. The van der Waals surface area contributed by atoms with E-state index in [0.29, 0.717) is 18.4 Å². The Morgan fingerprint density at radius 1 is 1.00 bits per heavy atom. The average Bonchev–Trinajstić information content (AvgIpc) is 2.13. The maximum atomic E-state index is 10.5. The van der Waals surface area contributed by atoms with E-state index in [0.717, 1.165) is 11.8 Å². The standard InChI is InChI=1S/C11H19NO.ClH/c12-6-11(13)9-2-7-1-8(4-9)5-10(11)3-7;/h7-10,13H,1-6,12H2;1H. The van der Waals surface area contributed by atoms with Gasteiger partial charge < -0.3 is 10.8 Å². The fourth-order valence-corrected chi connectivity index (χ4v) is 4.33. The quantitative estimate of drug-likeness (QED) is 0.700. The van der Waals surface area contributed by atoms with Crippen molar-refractivity contribution >= 4 is 12.4 Å². The molecular formula is C11H20ClNO. The molecule has 0 amide bonds. The maximum Gasteiger partial charge on any atom is 0.0825 e. The van der Waals surface area contributed by atoms with Crippen LogP contribution in [0.5, 0.6) is 0 Å². The Morgan fingerprint density at radius 3 is 1.79 bits per heavy atom. The summed E-state index contributed by atoms with van der Waals surface area (Å²) in [4.78, 5) is 0. The molecule has 4 bridgehead atoms. The third kappa shape index (κ3) is 1.24. The van der Waals surface area contributed by atoms with Gasteiger partial charge in [0.15, 0.2) is 0 Å². The summed E-state index contributed by atoms with van der Waals surface area (Å²) in [7, 11) is 0. The normalized spacial score (nSPS) is 54.4. The van der Waals surface area contributed by atoms with Crippen molar-refractivity contribution in [3.63, 3.8) is 0 Å². The molecule has 0 heterocycles. The number of halogens is 1. The minimum absolute atomic E-state index is 0. The van der Waals surface area contributed by atoms with Crippen LogP contribution in [0.4, 0.5) is 0 Å². The highest BCUT2D eigenvalue weighted by atomic mass is 35.5. The van der Waals surface area contributed by atoms with Crippen LogP contribution in [0.3, 0.4) is 0 Å². The van der Waals surface area contributed by atoms with Crippen molar-refractivity contribution in [3.05, 3.63) is 0 Å². The third-order valence-electron chi connectivity index (χ3n) is 4.88. The first-order chi connectivity index (χ1) is 6.22. The molecule has 4 aliphatic carbocycles. The molecule has 3 heteroatoms. The van der Waals surface area contributed by atoms with Gasteiger partial charge in [-0.05, 0) is 55.8 Å². The van der Waals surface area contributed by atoms with Crippen molar-refractivity contribution < 1.29 is 5.11 Å². The third-order valence-corrected chi connectivity index (χ3v) is 4.88. The smallest absolute Gasteiger partial charge is 0.0825 e. The van der Waals surface area contributed by atoms with Gasteiger partial charge in [0, 0.05) is 6.54 Å². The SMILES string of the molecule is Cl.NCC1(O)C2CC3CC(C2)CC1C3. The number of rotatable bonds is 1. The van der Waals surface area contributed by atoms with Crippen molar-refractivity contribution in [1.82, 2.24) is 0 Å². The molecule has 4 rings (SSSR count). The largest absolute Gasteiger partial charge is 0.388 e. The van der Waals surface area contributed by atoms with E-state index in [1.807, 2.05) is 0 Å². The number of hydrogen-bond acceptors (Lipinski definition) is 2. The van der Waals surface area contributed by atoms with Crippen LogP contribution in [0.25, 0.3) is 0 Å². The summed E-state index contributed by atoms with van der Waals surface area (Å²) < 4.78 is 0. The molecule has 82 valence electrons. The van der Waals surface area contributed by atoms with Gasteiger partial charge in [0.05, 0.1) is 5.60 Å². The van der Waals surface area contributed by atoms with Crippen LogP contribution < -0.4 is 5.73 Å². The average molecular weight is 218 g/mol. The Morgan fingerprint density at radius 2 is 1.43 bits per heavy atom. The van der Waals surface area contributed by atoms with Gasteiger partial charge in [0.1, 0.15) is 0 Å². The second-order valence-corrected chi connectivity index (χ2v) is 5.50. The molecular weight excluding hydrogens is 198 g/mol. The summed E-state index contributed by atoms with van der Waals surface area (Å²) in [5.41, 5.74) is 5.26. The number of hydrogen-bond donors (Lipinski definition) is 2. The molecule has 0 aliphatic heterocycles. The van der Waals surface area contributed by atoms with Gasteiger partial charge in [-0.15, -0.1) is 12.4 Å². The second-order valence-electron chi connectivity index (χ2n) is 5.50. The van der Waals surface area contributed by atoms with Crippen molar-refractivity contribution in [2.75, 3.05) is 6.54 Å². The summed E-state index contributed by atoms with van der Waals surface area (Å²) in [6.45, 7) is 0.488. The molecule has 4 saturated carbocycles. The monoisotopic (exact) mass is 217 g/mol. The van der Waals surface area contributed by atoms with Crippen LogP contribution in [0.1, 0.15) is 32.1 Å². The lowest BCUT2D eigenvalue weighted by Crippen LogP contribution is -2.61. The van der Waals surface area contributed by atoms with E-state index < -0.39 is 5.60 Å². The van der Waals surface area contributed by atoms with E-state index in [1.54, 1.807) is 0 Å². The first kappa shape index (κ1) is 10.7. The topological polar surface area (TPSA) is 46.2 Å². The molecule has 3 N–H and O–H groups in total. The minimum Gasteiger partial charge on any atom is -0.388 e. The first-order valence-electron chi connectivity index (χ1n) is 5.65. The van der Waals surface area contributed by atoms with E-state index in [2.05, 4.69) is 0 Å². The molecule has 0 spiro atoms. The van der Waals surface area contributed by atoms with Crippen molar-refractivity contribution in [2.45, 2.75) is 37.7 Å². The van der Waals surface area contributed by atoms with Crippen molar-refractivity contribution in [2.24, 2.45) is 29.4 Å². The van der Waals surface area contributed by atoms with Crippen LogP contribution in [-0.4, -0.2) is 17.3 Å². The fourth-order valence-electron chi connectivity index (χ4n) is 4.33. The Bertz CT molecular complexity index is 203. The summed E-state index contributed by atoms with van der Waals surface area (Å²) in [6.07, 6.45) is 6.44. The van der Waals surface area contributed by atoms with Crippen LogP contribution in [0, 0.1) is 23.7 Å². The van der Waals surface area contributed by atoms with Crippen LogP contribution in [0.15, 0.2) is 0 Å². The summed E-state index contributed by atoms with van der Waals surface area (Å²) in [5.74, 6) is 2.92. The highest BCUT2D eigenvalue weighted by Crippen LogP contribution is 2.57. The van der Waals surface area contributed by atoms with E-state index in [1.165, 1.54) is 32.1 Å². The van der Waals surface area contributed by atoms with E-state index >= 15 is 0 Å². The van der Waals surface area contributed by atoms with Gasteiger partial charge in [-0.1, -0.05) is 0 Å². The van der Waals surface area contributed by atoms with Gasteiger partial charge in [-0.2, -0.15) is 0 Å². The molecule has 4 aliphatic rings. The molecule has 0 aromatic carbocycles. The summed E-state index contributed by atoms with van der Waals surface area (Å²) in [6, 6.07) is 0. The lowest BCUT2D eigenvalue weighted by atomic mass is 9.50. The molecule has 0 aromatic heterocycles. The zero-order valence-corrected chi connectivity index (χ0v) is 9.30. The number of nitrogens with two attached hydrogens (primary N) is 1. The molecule has 0 radical (unpaired) electrons. The van der Waals surface area contributed by atoms with Crippen LogP contribution in [-0.2, 0) is 0 Å². The molecule has 0 saturated heterocycles. The van der Waals surface area contributed by atoms with Gasteiger partial charge in [-0.3, -0.25) is 0 Å². The molecule has 2 nitrogen and oxygen atoms in total. The van der Waals surface area contributed by atoms with Crippen LogP contribution >= 0.6 is 12.4 Å². The van der Waals surface area contributed by atoms with Gasteiger partial charge in [0.2, 0.25) is 0 Å². The predicted molar refractivity (Wildman–Crippen MR) is 58.3 cm³/mol. The molecule has 0 atom stereocenters. The van der Waals surface area contributed by atoms with Gasteiger partial charge in [-0.25, -0.2) is 0 Å². The van der Waals surface area contributed by atoms with Gasteiger partial charge >= 0.3 is 0 Å². The minimum atomic E-state index is -0.479. The van der Waals surface area contributed by atoms with Gasteiger partial charge in [0.25, 0.3) is 0 Å². The van der Waals surface area contributed by atoms with Crippen molar-refractivity contribution in [3.8, 4) is 0 Å². The number of aliphatic hydroxyl groups is 1. The second kappa shape index (κ2) is 3.36. The summed E-state index contributed by atoms with van der Waals surface area (Å²) >= 11 is 0. The lowest BCUT2D eigenvalue weighted by molar-refractivity contribution is -0.166. The summed E-state index contributed by atoms with van der Waals surface area (Å²) in [5, 5.41) is 10.5. The maximum absolute atomic E-state index is 10.5. The van der Waals surface area contributed by atoms with Crippen LogP contribution in [0.2, 0.25) is 0 Å². The zero-order valence-electron chi connectivity index (χ0n) is 8.48. The predicted octanol–water partition coefficient (Wildman–Crippen LogP) is 1.55. The molecule has 0 unspecified atom stereocenters. The van der Waals surface area contributed by atoms with Crippen molar-refractivity contribution in [1.29, 1.82) is 0 Å². The molecule has 0 aromatic rings. The molecule has 4 fully saturated rings. The lowest BCUT2D eigenvalue weighted by Gasteiger charge is -2.58. The van der Waals surface area contributed by atoms with E-state index in [-0.39, 0.29) is 12.4 Å². The highest BCUT2D eigenvalue weighted by Gasteiger charge is 2.55. The first-order valence-corrected chi connectivity index (χ1v) is 5.65. The Balaban J connectivity index is 0.000000750. The fraction of sp³-hybridized carbons (Fsp3) is 1.00. The van der Waals surface area contributed by atoms with E-state index in [4.69, 9.17) is 5.73 Å². The Hall–Kier alpha value is 0.210. The van der Waals surface area contributed by atoms with E-state index in [9.17, 15) is 5.11 Å². The zero-order chi connectivity index (χ0) is 9.05. The Labute approximate surface area is 91.7 Å². The Kier molecular flexibility index (Phi) is 2.57. The highest BCUT2D eigenvalue weighted by molar-refractivity contribution is 5.85.